The molecule has 1 saturated heterocycles. The Labute approximate surface area is 169 Å². The molecular weight excluding hydrogens is 354 g/mol. The van der Waals surface area contributed by atoms with Gasteiger partial charge < -0.3 is 15.4 Å². The third kappa shape index (κ3) is 5.96. The lowest BCUT2D eigenvalue weighted by molar-refractivity contribution is -0.124. The zero-order valence-corrected chi connectivity index (χ0v) is 17.9. The summed E-state index contributed by atoms with van der Waals surface area (Å²) in [6, 6.07) is 6.29. The Morgan fingerprint density at radius 2 is 1.71 bits per heavy atom. The molecule has 0 aliphatic carbocycles. The van der Waals surface area contributed by atoms with E-state index in [-0.39, 0.29) is 23.3 Å². The molecule has 0 radical (unpaired) electrons. The quantitative estimate of drug-likeness (QED) is 0.717. The van der Waals surface area contributed by atoms with E-state index in [4.69, 9.17) is 4.74 Å². The topological polar surface area (TPSA) is 70.7 Å². The molecule has 1 heterocycles. The minimum Gasteiger partial charge on any atom is -0.497 e. The first-order valence-corrected chi connectivity index (χ1v) is 10.2. The third-order valence-electron chi connectivity index (χ3n) is 5.50. The zero-order chi connectivity index (χ0) is 20.7. The van der Waals surface area contributed by atoms with Gasteiger partial charge in [0.05, 0.1) is 7.11 Å². The number of hydrogen-bond acceptors (Lipinski definition) is 4. The van der Waals surface area contributed by atoms with Crippen LogP contribution in [0.2, 0.25) is 0 Å². The molecule has 28 heavy (non-hydrogen) atoms. The second-order valence-electron chi connectivity index (χ2n) is 8.50. The lowest BCUT2D eigenvalue weighted by Gasteiger charge is -2.41. The predicted octanol–water partition coefficient (Wildman–Crippen LogP) is 2.83. The maximum absolute atomic E-state index is 12.8. The molecule has 1 aromatic rings. The number of methoxy groups -OCH3 is 1. The van der Waals surface area contributed by atoms with Gasteiger partial charge in [0.2, 0.25) is 5.91 Å². The predicted molar refractivity (Wildman–Crippen MR) is 112 cm³/mol. The van der Waals surface area contributed by atoms with Crippen molar-refractivity contribution in [3.05, 3.63) is 29.8 Å². The molecule has 6 heteroatoms. The summed E-state index contributed by atoms with van der Waals surface area (Å²) in [4.78, 5) is 27.8. The number of benzene rings is 1. The van der Waals surface area contributed by atoms with Gasteiger partial charge in [-0.25, -0.2) is 0 Å². The standard InChI is InChI=1S/C22H35N3O3/c1-16(2)19(24-20(26)17-9-11-18(28-5)12-10-17)21(27)23-15-22(3,4)25-13-7-6-8-14-25/h9-12,16,19H,6-8,13-15H2,1-5H3,(H,23,27)(H,24,26). The van der Waals surface area contributed by atoms with E-state index >= 15 is 0 Å². The molecule has 1 unspecified atom stereocenters. The Bertz CT molecular complexity index is 649. The highest BCUT2D eigenvalue weighted by atomic mass is 16.5. The van der Waals surface area contributed by atoms with Crippen LogP contribution in [0.4, 0.5) is 0 Å². The lowest BCUT2D eigenvalue weighted by atomic mass is 9.97. The van der Waals surface area contributed by atoms with Crippen LogP contribution >= 0.6 is 0 Å². The summed E-state index contributed by atoms with van der Waals surface area (Å²) in [5.74, 6) is 0.281. The summed E-state index contributed by atoms with van der Waals surface area (Å²) in [6.45, 7) is 10.9. The normalized spacial score (nSPS) is 16.5. The molecule has 2 rings (SSSR count). The lowest BCUT2D eigenvalue weighted by Crippen LogP contribution is -2.57. The van der Waals surface area contributed by atoms with Crippen molar-refractivity contribution in [2.75, 3.05) is 26.7 Å². The number of carbonyl (C=O) groups is 2. The molecule has 1 atom stereocenters. The fourth-order valence-corrected chi connectivity index (χ4v) is 3.53. The van der Waals surface area contributed by atoms with E-state index in [0.717, 1.165) is 13.1 Å². The Balaban J connectivity index is 1.95. The number of carbonyl (C=O) groups excluding carboxylic acids is 2. The Morgan fingerprint density at radius 3 is 2.25 bits per heavy atom. The van der Waals surface area contributed by atoms with Crippen molar-refractivity contribution in [2.45, 2.75) is 58.5 Å². The maximum atomic E-state index is 12.8. The minimum absolute atomic E-state index is 0.0136. The molecule has 0 saturated carbocycles. The van der Waals surface area contributed by atoms with Gasteiger partial charge in [-0.3, -0.25) is 14.5 Å². The second-order valence-corrected chi connectivity index (χ2v) is 8.50. The van der Waals surface area contributed by atoms with E-state index in [9.17, 15) is 9.59 Å². The second kappa shape index (κ2) is 9.92. The number of amides is 2. The number of nitrogens with zero attached hydrogens (tertiary/aromatic N) is 1. The van der Waals surface area contributed by atoms with Crippen molar-refractivity contribution >= 4 is 11.8 Å². The summed E-state index contributed by atoms with van der Waals surface area (Å²) in [5, 5.41) is 5.94. The number of ether oxygens (including phenoxy) is 1. The molecule has 6 nitrogen and oxygen atoms in total. The summed E-state index contributed by atoms with van der Waals surface area (Å²) >= 11 is 0. The first kappa shape index (κ1) is 22.2. The molecule has 1 aromatic carbocycles. The van der Waals surface area contributed by atoms with Crippen molar-refractivity contribution in [3.63, 3.8) is 0 Å². The first-order valence-electron chi connectivity index (χ1n) is 10.2. The van der Waals surface area contributed by atoms with Gasteiger partial charge >= 0.3 is 0 Å². The van der Waals surface area contributed by atoms with Gasteiger partial charge in [-0.15, -0.1) is 0 Å². The average Bonchev–Trinajstić information content (AvgIpc) is 2.70. The van der Waals surface area contributed by atoms with E-state index in [1.54, 1.807) is 31.4 Å². The largest absolute Gasteiger partial charge is 0.497 e. The molecule has 0 spiro atoms. The van der Waals surface area contributed by atoms with Gasteiger partial charge in [-0.05, 0) is 70.0 Å². The number of hydrogen-bond donors (Lipinski definition) is 2. The van der Waals surface area contributed by atoms with E-state index in [1.807, 2.05) is 13.8 Å². The molecule has 1 fully saturated rings. The van der Waals surface area contributed by atoms with Gasteiger partial charge in [0.1, 0.15) is 11.8 Å². The van der Waals surface area contributed by atoms with Crippen molar-refractivity contribution < 1.29 is 14.3 Å². The van der Waals surface area contributed by atoms with Gasteiger partial charge in [0, 0.05) is 17.6 Å². The molecule has 0 aromatic heterocycles. The molecule has 2 amide bonds. The van der Waals surface area contributed by atoms with E-state index < -0.39 is 6.04 Å². The number of likely N-dealkylation sites (tertiary alicyclic amines) is 1. The SMILES string of the molecule is COc1ccc(C(=O)NC(C(=O)NCC(C)(C)N2CCCCC2)C(C)C)cc1. The molecular formula is C22H35N3O3. The molecule has 1 aliphatic heterocycles. The van der Waals surface area contributed by atoms with E-state index in [1.165, 1.54) is 19.3 Å². The van der Waals surface area contributed by atoms with Gasteiger partial charge in [-0.2, -0.15) is 0 Å². The highest BCUT2D eigenvalue weighted by molar-refractivity contribution is 5.97. The Morgan fingerprint density at radius 1 is 1.11 bits per heavy atom. The average molecular weight is 390 g/mol. The van der Waals surface area contributed by atoms with Crippen LogP contribution in [-0.4, -0.2) is 55.0 Å². The Hall–Kier alpha value is -2.08. The summed E-state index contributed by atoms with van der Waals surface area (Å²) in [5.41, 5.74) is 0.408. The van der Waals surface area contributed by atoms with Crippen molar-refractivity contribution in [1.82, 2.24) is 15.5 Å². The number of rotatable bonds is 8. The maximum Gasteiger partial charge on any atom is 0.251 e. The monoisotopic (exact) mass is 389 g/mol. The van der Waals surface area contributed by atoms with Gasteiger partial charge in [0.25, 0.3) is 5.91 Å². The van der Waals surface area contributed by atoms with E-state index in [0.29, 0.717) is 17.9 Å². The van der Waals surface area contributed by atoms with Crippen molar-refractivity contribution in [3.8, 4) is 5.75 Å². The summed E-state index contributed by atoms with van der Waals surface area (Å²) < 4.78 is 5.12. The minimum atomic E-state index is -0.577. The molecule has 1 aliphatic rings. The van der Waals surface area contributed by atoms with Gasteiger partial charge in [0.15, 0.2) is 0 Å². The van der Waals surface area contributed by atoms with Crippen molar-refractivity contribution in [2.24, 2.45) is 5.92 Å². The van der Waals surface area contributed by atoms with Crippen LogP contribution in [0.25, 0.3) is 0 Å². The molecule has 2 N–H and O–H groups in total. The van der Waals surface area contributed by atoms with Crippen LogP contribution in [0.3, 0.4) is 0 Å². The smallest absolute Gasteiger partial charge is 0.251 e. The van der Waals surface area contributed by atoms with Gasteiger partial charge in [-0.1, -0.05) is 20.3 Å². The first-order chi connectivity index (χ1) is 13.2. The summed E-state index contributed by atoms with van der Waals surface area (Å²) in [7, 11) is 1.58. The fraction of sp³-hybridized carbons (Fsp3) is 0.636. The van der Waals surface area contributed by atoms with Crippen LogP contribution in [0.1, 0.15) is 57.3 Å². The third-order valence-corrected chi connectivity index (χ3v) is 5.50. The number of piperidine rings is 1. The highest BCUT2D eigenvalue weighted by Gasteiger charge is 2.30. The zero-order valence-electron chi connectivity index (χ0n) is 17.9. The number of nitrogens with one attached hydrogen (secondary N) is 2. The fourth-order valence-electron chi connectivity index (χ4n) is 3.53. The van der Waals surface area contributed by atoms with Crippen LogP contribution in [-0.2, 0) is 4.79 Å². The summed E-state index contributed by atoms with van der Waals surface area (Å²) in [6.07, 6.45) is 3.71. The van der Waals surface area contributed by atoms with Crippen LogP contribution < -0.4 is 15.4 Å². The van der Waals surface area contributed by atoms with Crippen LogP contribution in [0.5, 0.6) is 5.75 Å². The van der Waals surface area contributed by atoms with Crippen molar-refractivity contribution in [1.29, 1.82) is 0 Å². The molecule has 0 bridgehead atoms. The molecule has 156 valence electrons. The van der Waals surface area contributed by atoms with Crippen LogP contribution in [0.15, 0.2) is 24.3 Å². The van der Waals surface area contributed by atoms with E-state index in [2.05, 4.69) is 29.4 Å². The van der Waals surface area contributed by atoms with Crippen LogP contribution in [0, 0.1) is 5.92 Å². The Kier molecular flexibility index (Phi) is 7.87. The highest BCUT2D eigenvalue weighted by Crippen LogP contribution is 2.20.